The third-order valence-corrected chi connectivity index (χ3v) is 4.00. The molecular weight excluding hydrogens is 294 g/mol. The van der Waals surface area contributed by atoms with Gasteiger partial charge in [0, 0.05) is 43.2 Å². The molecular formula is C14H18ClN3OS. The van der Waals surface area contributed by atoms with E-state index in [0.29, 0.717) is 10.0 Å². The number of nitrogens with zero attached hydrogens (tertiary/aromatic N) is 1. The summed E-state index contributed by atoms with van der Waals surface area (Å²) in [6.45, 7) is 4.13. The van der Waals surface area contributed by atoms with Crippen LogP contribution in [-0.2, 0) is 11.3 Å². The second-order valence-electron chi connectivity index (χ2n) is 5.09. The number of thiocarbonyl (C=S) groups is 1. The molecule has 1 unspecified atom stereocenters. The van der Waals surface area contributed by atoms with Gasteiger partial charge in [0.1, 0.15) is 4.99 Å². The molecule has 0 spiro atoms. The lowest BCUT2D eigenvalue weighted by atomic mass is 10.1. The molecule has 1 atom stereocenters. The van der Waals surface area contributed by atoms with Crippen molar-refractivity contribution in [3.63, 3.8) is 0 Å². The molecule has 1 amide bonds. The standard InChI is InChI=1S/C14H18ClN3OS/c1-9(19)17-12-4-5-18(8-12)7-11-3-2-10(14(16)20)6-13(11)15/h2-3,6,12H,4-5,7-8H2,1H3,(H2,16,20)(H,17,19). The molecule has 3 N–H and O–H groups in total. The highest BCUT2D eigenvalue weighted by Crippen LogP contribution is 2.21. The van der Waals surface area contributed by atoms with Gasteiger partial charge in [0.15, 0.2) is 0 Å². The van der Waals surface area contributed by atoms with Crippen LogP contribution in [0.25, 0.3) is 0 Å². The Morgan fingerprint density at radius 3 is 2.95 bits per heavy atom. The minimum atomic E-state index is 0.0238. The fourth-order valence-electron chi connectivity index (χ4n) is 2.45. The Morgan fingerprint density at radius 1 is 1.60 bits per heavy atom. The molecule has 1 aromatic carbocycles. The zero-order valence-corrected chi connectivity index (χ0v) is 12.9. The fourth-order valence-corrected chi connectivity index (χ4v) is 2.82. The number of hydrogen-bond donors (Lipinski definition) is 2. The SMILES string of the molecule is CC(=O)NC1CCN(Cc2ccc(C(N)=S)cc2Cl)C1. The molecule has 0 saturated carbocycles. The van der Waals surface area contributed by atoms with Gasteiger partial charge in [-0.3, -0.25) is 9.69 Å². The van der Waals surface area contributed by atoms with Crippen molar-refractivity contribution in [1.82, 2.24) is 10.2 Å². The van der Waals surface area contributed by atoms with Gasteiger partial charge in [-0.15, -0.1) is 0 Å². The summed E-state index contributed by atoms with van der Waals surface area (Å²) < 4.78 is 0. The Balaban J connectivity index is 1.97. The van der Waals surface area contributed by atoms with Crippen molar-refractivity contribution in [1.29, 1.82) is 0 Å². The minimum Gasteiger partial charge on any atom is -0.389 e. The lowest BCUT2D eigenvalue weighted by Gasteiger charge is -2.17. The predicted octanol–water partition coefficient (Wildman–Crippen LogP) is 1.68. The number of nitrogens with two attached hydrogens (primary N) is 1. The molecule has 6 heteroatoms. The Morgan fingerprint density at radius 2 is 2.35 bits per heavy atom. The van der Waals surface area contributed by atoms with Crippen LogP contribution in [0.1, 0.15) is 24.5 Å². The molecule has 0 aliphatic carbocycles. The second kappa shape index (κ2) is 6.52. The van der Waals surface area contributed by atoms with Crippen molar-refractivity contribution >= 4 is 34.7 Å². The Hall–Kier alpha value is -1.17. The first-order chi connectivity index (χ1) is 9.45. The van der Waals surface area contributed by atoms with Gasteiger partial charge in [-0.25, -0.2) is 0 Å². The lowest BCUT2D eigenvalue weighted by molar-refractivity contribution is -0.119. The smallest absolute Gasteiger partial charge is 0.217 e. The van der Waals surface area contributed by atoms with Crippen LogP contribution in [0.3, 0.4) is 0 Å². The summed E-state index contributed by atoms with van der Waals surface area (Å²) >= 11 is 11.2. The summed E-state index contributed by atoms with van der Waals surface area (Å²) in [6.07, 6.45) is 0.974. The molecule has 1 heterocycles. The first-order valence-corrected chi connectivity index (χ1v) is 7.32. The van der Waals surface area contributed by atoms with Crippen molar-refractivity contribution in [2.24, 2.45) is 5.73 Å². The third kappa shape index (κ3) is 3.91. The van der Waals surface area contributed by atoms with Gasteiger partial charge in [0.2, 0.25) is 5.91 Å². The predicted molar refractivity (Wildman–Crippen MR) is 84.8 cm³/mol. The van der Waals surface area contributed by atoms with Crippen molar-refractivity contribution in [3.8, 4) is 0 Å². The Bertz CT molecular complexity index is 535. The second-order valence-corrected chi connectivity index (χ2v) is 5.94. The zero-order valence-electron chi connectivity index (χ0n) is 11.4. The van der Waals surface area contributed by atoms with Gasteiger partial charge in [-0.1, -0.05) is 36.0 Å². The lowest BCUT2D eigenvalue weighted by Crippen LogP contribution is -2.35. The third-order valence-electron chi connectivity index (χ3n) is 3.41. The molecule has 1 aliphatic heterocycles. The molecule has 1 aromatic rings. The summed E-state index contributed by atoms with van der Waals surface area (Å²) in [4.78, 5) is 13.7. The van der Waals surface area contributed by atoms with Crippen molar-refractivity contribution in [3.05, 3.63) is 34.3 Å². The summed E-state index contributed by atoms with van der Waals surface area (Å²) in [5, 5.41) is 3.63. The van der Waals surface area contributed by atoms with Crippen LogP contribution in [0.2, 0.25) is 5.02 Å². The number of nitrogens with one attached hydrogen (secondary N) is 1. The van der Waals surface area contributed by atoms with Crippen LogP contribution < -0.4 is 11.1 Å². The van der Waals surface area contributed by atoms with E-state index in [-0.39, 0.29) is 11.9 Å². The molecule has 0 aromatic heterocycles. The summed E-state index contributed by atoms with van der Waals surface area (Å²) in [5.41, 5.74) is 7.42. The summed E-state index contributed by atoms with van der Waals surface area (Å²) in [5.74, 6) is 0.0238. The van der Waals surface area contributed by atoms with E-state index in [0.717, 1.165) is 37.2 Å². The molecule has 1 saturated heterocycles. The first kappa shape index (κ1) is 15.2. The van der Waals surface area contributed by atoms with Gasteiger partial charge in [0.25, 0.3) is 0 Å². The summed E-state index contributed by atoms with van der Waals surface area (Å²) in [6, 6.07) is 5.90. The van der Waals surface area contributed by atoms with Gasteiger partial charge in [-0.05, 0) is 18.1 Å². The van der Waals surface area contributed by atoms with Gasteiger partial charge < -0.3 is 11.1 Å². The maximum Gasteiger partial charge on any atom is 0.217 e. The van der Waals surface area contributed by atoms with Gasteiger partial charge >= 0.3 is 0 Å². The largest absolute Gasteiger partial charge is 0.389 e. The maximum absolute atomic E-state index is 11.0. The van der Waals surface area contributed by atoms with Crippen molar-refractivity contribution in [2.45, 2.75) is 25.9 Å². The molecule has 108 valence electrons. The number of halogens is 1. The molecule has 2 rings (SSSR count). The fraction of sp³-hybridized carbons (Fsp3) is 0.429. The molecule has 1 fully saturated rings. The number of carbonyl (C=O) groups is 1. The molecule has 20 heavy (non-hydrogen) atoms. The average molecular weight is 312 g/mol. The minimum absolute atomic E-state index is 0.0238. The van der Waals surface area contributed by atoms with Crippen LogP contribution in [0.5, 0.6) is 0 Å². The number of likely N-dealkylation sites (tertiary alicyclic amines) is 1. The Kier molecular flexibility index (Phi) is 4.96. The summed E-state index contributed by atoms with van der Waals surface area (Å²) in [7, 11) is 0. The quantitative estimate of drug-likeness (QED) is 0.831. The maximum atomic E-state index is 11.0. The van der Waals surface area contributed by atoms with Crippen LogP contribution in [0.4, 0.5) is 0 Å². The van der Waals surface area contributed by atoms with Gasteiger partial charge in [0.05, 0.1) is 0 Å². The highest BCUT2D eigenvalue weighted by atomic mass is 35.5. The number of carbonyl (C=O) groups excluding carboxylic acids is 1. The first-order valence-electron chi connectivity index (χ1n) is 6.53. The molecule has 1 aliphatic rings. The highest BCUT2D eigenvalue weighted by Gasteiger charge is 2.23. The van der Waals surface area contributed by atoms with E-state index < -0.39 is 0 Å². The molecule has 0 radical (unpaired) electrons. The van der Waals surface area contributed by atoms with E-state index in [1.54, 1.807) is 13.0 Å². The average Bonchev–Trinajstić information content (AvgIpc) is 2.78. The van der Waals surface area contributed by atoms with E-state index >= 15 is 0 Å². The van der Waals surface area contributed by atoms with Crippen LogP contribution in [0, 0.1) is 0 Å². The Labute approximate surface area is 129 Å². The van der Waals surface area contributed by atoms with Crippen molar-refractivity contribution < 1.29 is 4.79 Å². The highest BCUT2D eigenvalue weighted by molar-refractivity contribution is 7.80. The van der Waals surface area contributed by atoms with E-state index in [9.17, 15) is 4.79 Å². The zero-order chi connectivity index (χ0) is 14.7. The van der Waals surface area contributed by atoms with E-state index in [1.165, 1.54) is 0 Å². The normalized spacial score (nSPS) is 19.0. The van der Waals surface area contributed by atoms with Crippen LogP contribution in [-0.4, -0.2) is 34.9 Å². The van der Waals surface area contributed by atoms with E-state index in [4.69, 9.17) is 29.6 Å². The number of rotatable bonds is 4. The number of benzene rings is 1. The van der Waals surface area contributed by atoms with Crippen LogP contribution >= 0.6 is 23.8 Å². The topological polar surface area (TPSA) is 58.4 Å². The molecule has 0 bridgehead atoms. The number of amides is 1. The molecule has 4 nitrogen and oxygen atoms in total. The van der Waals surface area contributed by atoms with Gasteiger partial charge in [-0.2, -0.15) is 0 Å². The number of hydrogen-bond acceptors (Lipinski definition) is 3. The van der Waals surface area contributed by atoms with E-state index in [1.807, 2.05) is 12.1 Å². The van der Waals surface area contributed by atoms with E-state index in [2.05, 4.69) is 10.2 Å². The monoisotopic (exact) mass is 311 g/mol. The van der Waals surface area contributed by atoms with Crippen molar-refractivity contribution in [2.75, 3.05) is 13.1 Å². The van der Waals surface area contributed by atoms with Crippen LogP contribution in [0.15, 0.2) is 18.2 Å².